The average molecular weight is 437 g/mol. The van der Waals surface area contributed by atoms with Crippen LogP contribution in [0.15, 0.2) is 48.5 Å². The van der Waals surface area contributed by atoms with Crippen molar-refractivity contribution in [3.63, 3.8) is 0 Å². The van der Waals surface area contributed by atoms with E-state index in [0.717, 1.165) is 25.5 Å². The van der Waals surface area contributed by atoms with E-state index in [2.05, 4.69) is 22.8 Å². The Morgan fingerprint density at radius 1 is 1.11 bits per heavy atom. The number of methoxy groups -OCH3 is 1. The van der Waals surface area contributed by atoms with Crippen LogP contribution in [0.2, 0.25) is 0 Å². The molecular weight excluding hydrogens is 412 g/mol. The van der Waals surface area contributed by atoms with Crippen molar-refractivity contribution in [2.45, 2.75) is 37.6 Å². The molecule has 156 valence electrons. The van der Waals surface area contributed by atoms with E-state index in [1.807, 2.05) is 18.2 Å². The number of halogens is 5. The van der Waals surface area contributed by atoms with Gasteiger partial charge in [0.25, 0.3) is 0 Å². The summed E-state index contributed by atoms with van der Waals surface area (Å²) < 4.78 is 44.3. The van der Waals surface area contributed by atoms with E-state index in [1.165, 1.54) is 24.8 Å². The van der Waals surface area contributed by atoms with Gasteiger partial charge in [0.15, 0.2) is 0 Å². The van der Waals surface area contributed by atoms with Crippen LogP contribution in [0.25, 0.3) is 0 Å². The monoisotopic (exact) mass is 436 g/mol. The molecule has 28 heavy (non-hydrogen) atoms. The number of nitrogens with one attached hydrogen (secondary N) is 2. The highest BCUT2D eigenvalue weighted by atomic mass is 35.5. The van der Waals surface area contributed by atoms with Crippen LogP contribution in [0, 0.1) is 0 Å². The second-order valence-corrected chi connectivity index (χ2v) is 6.50. The van der Waals surface area contributed by atoms with Gasteiger partial charge in [0.1, 0.15) is 5.75 Å². The number of rotatable bonds is 5. The first kappa shape index (κ1) is 24.6. The molecule has 8 heteroatoms. The van der Waals surface area contributed by atoms with Crippen LogP contribution in [0.1, 0.15) is 35.6 Å². The topological polar surface area (TPSA) is 33.3 Å². The zero-order valence-electron chi connectivity index (χ0n) is 15.5. The predicted octanol–water partition coefficient (Wildman–Crippen LogP) is 5.14. The zero-order chi connectivity index (χ0) is 18.6. The summed E-state index contributed by atoms with van der Waals surface area (Å²) in [5.74, 6) is 0.463. The summed E-state index contributed by atoms with van der Waals surface area (Å²) >= 11 is 0. The minimum Gasteiger partial charge on any atom is -0.496 e. The van der Waals surface area contributed by atoms with Crippen molar-refractivity contribution in [2.75, 3.05) is 13.7 Å². The first-order valence-electron chi connectivity index (χ1n) is 8.75. The molecule has 1 heterocycles. The molecule has 0 saturated carbocycles. The lowest BCUT2D eigenvalue weighted by molar-refractivity contribution is -0.137. The van der Waals surface area contributed by atoms with Crippen LogP contribution in [0.5, 0.6) is 5.75 Å². The molecule has 1 aliphatic heterocycles. The average Bonchev–Trinajstić information content (AvgIpc) is 2.66. The Bertz CT molecular complexity index is 729. The predicted molar refractivity (Wildman–Crippen MR) is 110 cm³/mol. The van der Waals surface area contributed by atoms with Crippen molar-refractivity contribution in [1.29, 1.82) is 0 Å². The van der Waals surface area contributed by atoms with Gasteiger partial charge < -0.3 is 15.4 Å². The van der Waals surface area contributed by atoms with Gasteiger partial charge in [0.05, 0.1) is 12.7 Å². The molecule has 0 spiro atoms. The van der Waals surface area contributed by atoms with Gasteiger partial charge in [-0.05, 0) is 43.1 Å². The Balaban J connectivity index is 0.00000196. The fraction of sp³-hybridized carbons (Fsp3) is 0.400. The fourth-order valence-electron chi connectivity index (χ4n) is 3.45. The summed E-state index contributed by atoms with van der Waals surface area (Å²) in [6, 6.07) is 14.0. The molecule has 0 amide bonds. The summed E-state index contributed by atoms with van der Waals surface area (Å²) in [6.07, 6.45) is -2.37. The lowest BCUT2D eigenvalue weighted by atomic mass is 9.92. The van der Waals surface area contributed by atoms with Gasteiger partial charge in [0.2, 0.25) is 0 Å². The second-order valence-electron chi connectivity index (χ2n) is 6.50. The molecular formula is C20H25Cl2F3N2O. The summed E-state index contributed by atoms with van der Waals surface area (Å²) in [4.78, 5) is 0. The van der Waals surface area contributed by atoms with Crippen LogP contribution >= 0.6 is 24.8 Å². The Labute approximate surface area is 175 Å². The lowest BCUT2D eigenvalue weighted by Gasteiger charge is -2.34. The SMILES string of the molecule is COc1ccc(C(F)(F)F)cc1CN[C@H]1CCCN[C@H]1c1ccccc1.Cl.Cl. The number of alkyl halides is 3. The Kier molecular flexibility index (Phi) is 9.57. The molecule has 3 rings (SSSR count). The van der Waals surface area contributed by atoms with Crippen LogP contribution in [0.3, 0.4) is 0 Å². The normalized spacial score (nSPS) is 19.3. The van der Waals surface area contributed by atoms with Gasteiger partial charge in [-0.2, -0.15) is 13.2 Å². The standard InChI is InChI=1S/C20H23F3N2O.2ClH/c1-26-18-10-9-16(20(21,22)23)12-15(18)13-25-17-8-5-11-24-19(17)14-6-3-2-4-7-14;;/h2-4,6-7,9-10,12,17,19,24-25H,5,8,11,13H2,1H3;2*1H/t17-,19-;;/m0../s1. The van der Waals surface area contributed by atoms with Gasteiger partial charge in [-0.1, -0.05) is 30.3 Å². The van der Waals surface area contributed by atoms with E-state index in [0.29, 0.717) is 17.9 Å². The molecule has 2 atom stereocenters. The van der Waals surface area contributed by atoms with Gasteiger partial charge in [0, 0.05) is 24.2 Å². The molecule has 2 N–H and O–H groups in total. The van der Waals surface area contributed by atoms with E-state index in [-0.39, 0.29) is 36.9 Å². The zero-order valence-corrected chi connectivity index (χ0v) is 17.1. The van der Waals surface area contributed by atoms with E-state index < -0.39 is 11.7 Å². The van der Waals surface area contributed by atoms with Crippen molar-refractivity contribution in [2.24, 2.45) is 0 Å². The highest BCUT2D eigenvalue weighted by molar-refractivity contribution is 5.85. The smallest absolute Gasteiger partial charge is 0.416 e. The number of benzene rings is 2. The van der Waals surface area contributed by atoms with Crippen LogP contribution in [-0.2, 0) is 12.7 Å². The molecule has 2 aromatic rings. The van der Waals surface area contributed by atoms with E-state index in [9.17, 15) is 13.2 Å². The van der Waals surface area contributed by atoms with Gasteiger partial charge in [-0.3, -0.25) is 0 Å². The highest BCUT2D eigenvalue weighted by Gasteiger charge is 2.31. The van der Waals surface area contributed by atoms with Crippen LogP contribution in [0.4, 0.5) is 13.2 Å². The molecule has 0 aromatic heterocycles. The van der Waals surface area contributed by atoms with Crippen LogP contribution in [-0.4, -0.2) is 19.7 Å². The third kappa shape index (κ3) is 6.01. The first-order valence-corrected chi connectivity index (χ1v) is 8.75. The lowest BCUT2D eigenvalue weighted by Crippen LogP contribution is -2.45. The van der Waals surface area contributed by atoms with E-state index in [4.69, 9.17) is 4.74 Å². The summed E-state index contributed by atoms with van der Waals surface area (Å²) in [5.41, 5.74) is 1.04. The molecule has 1 saturated heterocycles. The fourth-order valence-corrected chi connectivity index (χ4v) is 3.45. The first-order chi connectivity index (χ1) is 12.5. The largest absolute Gasteiger partial charge is 0.496 e. The maximum absolute atomic E-state index is 13.0. The number of hydrogen-bond acceptors (Lipinski definition) is 3. The Hall–Kier alpha value is -1.47. The van der Waals surface area contributed by atoms with Gasteiger partial charge in [-0.15, -0.1) is 24.8 Å². The van der Waals surface area contributed by atoms with Crippen molar-refractivity contribution < 1.29 is 17.9 Å². The number of piperidine rings is 1. The van der Waals surface area contributed by atoms with Gasteiger partial charge >= 0.3 is 6.18 Å². The van der Waals surface area contributed by atoms with E-state index >= 15 is 0 Å². The number of hydrogen-bond donors (Lipinski definition) is 2. The molecule has 2 aromatic carbocycles. The molecule has 1 fully saturated rings. The minimum absolute atomic E-state index is 0. The van der Waals surface area contributed by atoms with Gasteiger partial charge in [-0.25, -0.2) is 0 Å². The summed E-state index contributed by atoms with van der Waals surface area (Å²) in [6.45, 7) is 1.26. The summed E-state index contributed by atoms with van der Waals surface area (Å²) in [5, 5.41) is 6.94. The maximum Gasteiger partial charge on any atom is 0.416 e. The second kappa shape index (κ2) is 10.9. The highest BCUT2D eigenvalue weighted by Crippen LogP contribution is 2.33. The van der Waals surface area contributed by atoms with Crippen molar-refractivity contribution in [3.8, 4) is 5.75 Å². The van der Waals surface area contributed by atoms with Crippen molar-refractivity contribution >= 4 is 24.8 Å². The molecule has 0 bridgehead atoms. The third-order valence-electron chi connectivity index (χ3n) is 4.78. The minimum atomic E-state index is -4.36. The Morgan fingerprint density at radius 3 is 2.46 bits per heavy atom. The van der Waals surface area contributed by atoms with Crippen molar-refractivity contribution in [3.05, 3.63) is 65.2 Å². The van der Waals surface area contributed by atoms with E-state index in [1.54, 1.807) is 0 Å². The van der Waals surface area contributed by atoms with Crippen molar-refractivity contribution in [1.82, 2.24) is 10.6 Å². The maximum atomic E-state index is 13.0. The molecule has 0 unspecified atom stereocenters. The quantitative estimate of drug-likeness (QED) is 0.680. The summed E-state index contributed by atoms with van der Waals surface area (Å²) in [7, 11) is 1.47. The third-order valence-corrected chi connectivity index (χ3v) is 4.78. The Morgan fingerprint density at radius 2 is 1.82 bits per heavy atom. The molecule has 1 aliphatic rings. The molecule has 3 nitrogen and oxygen atoms in total. The number of ether oxygens (including phenoxy) is 1. The van der Waals surface area contributed by atoms with Crippen LogP contribution < -0.4 is 15.4 Å². The molecule has 0 radical (unpaired) electrons. The molecule has 0 aliphatic carbocycles.